The molecular formula is C32H30ClFN6O2. The number of nitrogens with one attached hydrogen (secondary N) is 2. The van der Waals surface area contributed by atoms with Crippen LogP contribution in [0.5, 0.6) is 5.75 Å². The Morgan fingerprint density at radius 2 is 1.98 bits per heavy atom. The second-order valence-electron chi connectivity index (χ2n) is 10.2. The van der Waals surface area contributed by atoms with Crippen molar-refractivity contribution in [3.05, 3.63) is 102 Å². The van der Waals surface area contributed by atoms with Crippen LogP contribution in [-0.4, -0.2) is 58.1 Å². The van der Waals surface area contributed by atoms with Crippen LogP contribution in [0, 0.1) is 0 Å². The first-order chi connectivity index (χ1) is 20.5. The number of fused-ring (bicyclic) bond motifs is 1. The molecule has 1 aliphatic heterocycles. The van der Waals surface area contributed by atoms with Crippen LogP contribution in [0.2, 0.25) is 5.02 Å². The lowest BCUT2D eigenvalue weighted by Gasteiger charge is -2.27. The third-order valence-corrected chi connectivity index (χ3v) is 7.54. The molecule has 0 atom stereocenters. The molecule has 3 heterocycles. The maximum absolute atomic E-state index is 13.4. The van der Waals surface area contributed by atoms with Crippen molar-refractivity contribution in [1.29, 1.82) is 0 Å². The predicted molar refractivity (Wildman–Crippen MR) is 164 cm³/mol. The highest BCUT2D eigenvalue weighted by Crippen LogP contribution is 2.32. The zero-order valence-electron chi connectivity index (χ0n) is 22.9. The number of hydrogen-bond acceptors (Lipinski definition) is 6. The molecule has 214 valence electrons. The van der Waals surface area contributed by atoms with Crippen LogP contribution in [-0.2, 0) is 11.3 Å². The quantitative estimate of drug-likeness (QED) is 0.262. The number of carbonyl (C=O) groups excluding carboxylic acids is 1. The molecule has 2 aromatic heterocycles. The van der Waals surface area contributed by atoms with Crippen LogP contribution < -0.4 is 15.4 Å². The Hall–Kier alpha value is -4.47. The maximum Gasteiger partial charge on any atom is 0.242 e. The van der Waals surface area contributed by atoms with E-state index >= 15 is 0 Å². The van der Waals surface area contributed by atoms with Gasteiger partial charge in [0.15, 0.2) is 0 Å². The van der Waals surface area contributed by atoms with E-state index in [2.05, 4.69) is 20.6 Å². The molecule has 0 unspecified atom stereocenters. The highest BCUT2D eigenvalue weighted by molar-refractivity contribution is 6.32. The Morgan fingerprint density at radius 1 is 1.10 bits per heavy atom. The number of halogens is 2. The van der Waals surface area contributed by atoms with Crippen molar-refractivity contribution >= 4 is 39.9 Å². The number of nitrogens with zero attached hydrogens (tertiary/aromatic N) is 4. The van der Waals surface area contributed by atoms with E-state index in [9.17, 15) is 9.18 Å². The first-order valence-electron chi connectivity index (χ1n) is 13.8. The molecule has 10 heteroatoms. The molecule has 42 heavy (non-hydrogen) atoms. The standard InChI is InChI=1S/C32H30ClFN6O2/c33-28-17-26(7-9-30(28)42-20-22-2-1-3-25(34)6-4-22)38-32-27-16-23(5-8-29(27)36-21-37-32)24-10-13-39(18-24)19-31(41)40-14-11-35-12-15-40/h1-5,7-10,13,16-18,21,35H,6,11-12,14-15,19-20H2,(H,36,37,38). The number of aromatic nitrogens is 3. The van der Waals surface area contributed by atoms with E-state index in [1.807, 2.05) is 58.3 Å². The summed E-state index contributed by atoms with van der Waals surface area (Å²) in [5.74, 6) is 1.11. The molecular weight excluding hydrogens is 555 g/mol. The van der Waals surface area contributed by atoms with Crippen molar-refractivity contribution in [2.45, 2.75) is 13.0 Å². The van der Waals surface area contributed by atoms with Gasteiger partial charge in [-0.2, -0.15) is 0 Å². The van der Waals surface area contributed by atoms with E-state index < -0.39 is 0 Å². The largest absolute Gasteiger partial charge is 0.487 e. The zero-order chi connectivity index (χ0) is 28.9. The normalized spacial score (nSPS) is 15.2. The molecule has 6 rings (SSSR count). The van der Waals surface area contributed by atoms with Crippen molar-refractivity contribution in [3.63, 3.8) is 0 Å². The summed E-state index contributed by atoms with van der Waals surface area (Å²) in [5.41, 5.74) is 4.41. The molecule has 1 amide bonds. The van der Waals surface area contributed by atoms with Crippen molar-refractivity contribution in [1.82, 2.24) is 24.8 Å². The molecule has 0 saturated carbocycles. The van der Waals surface area contributed by atoms with Crippen molar-refractivity contribution in [3.8, 4) is 16.9 Å². The van der Waals surface area contributed by atoms with Crippen LogP contribution in [0.25, 0.3) is 22.0 Å². The lowest BCUT2D eigenvalue weighted by atomic mass is 10.1. The average Bonchev–Trinajstić information content (AvgIpc) is 3.37. The van der Waals surface area contributed by atoms with E-state index in [1.54, 1.807) is 24.3 Å². The van der Waals surface area contributed by atoms with Gasteiger partial charge in [0.05, 0.1) is 10.5 Å². The summed E-state index contributed by atoms with van der Waals surface area (Å²) in [7, 11) is 0. The number of amides is 1. The van der Waals surface area contributed by atoms with Crippen LogP contribution in [0.1, 0.15) is 6.42 Å². The fourth-order valence-electron chi connectivity index (χ4n) is 4.96. The number of piperazine rings is 1. The molecule has 8 nitrogen and oxygen atoms in total. The van der Waals surface area contributed by atoms with Crippen molar-refractivity contribution < 1.29 is 13.9 Å². The summed E-state index contributed by atoms with van der Waals surface area (Å²) in [4.78, 5) is 23.5. The minimum atomic E-state index is -0.185. The number of carbonyl (C=O) groups is 1. The highest BCUT2D eigenvalue weighted by Gasteiger charge is 2.17. The minimum Gasteiger partial charge on any atom is -0.487 e. The van der Waals surface area contributed by atoms with Gasteiger partial charge in [0.1, 0.15) is 36.9 Å². The molecule has 1 aliphatic carbocycles. The second-order valence-corrected chi connectivity index (χ2v) is 10.6. The van der Waals surface area contributed by atoms with Gasteiger partial charge in [-0.3, -0.25) is 4.79 Å². The molecule has 0 spiro atoms. The Morgan fingerprint density at radius 3 is 2.83 bits per heavy atom. The molecule has 2 aromatic carbocycles. The van der Waals surface area contributed by atoms with E-state index in [1.165, 1.54) is 12.4 Å². The highest BCUT2D eigenvalue weighted by atomic mass is 35.5. The number of anilines is 2. The minimum absolute atomic E-state index is 0.123. The Balaban J connectivity index is 1.16. The third kappa shape index (κ3) is 6.53. The van der Waals surface area contributed by atoms with Gasteiger partial charge < -0.3 is 24.8 Å². The van der Waals surface area contributed by atoms with Crippen molar-refractivity contribution in [2.24, 2.45) is 0 Å². The summed E-state index contributed by atoms with van der Waals surface area (Å²) in [6, 6.07) is 13.5. The summed E-state index contributed by atoms with van der Waals surface area (Å²) in [5, 5.41) is 7.93. The molecule has 2 aliphatic rings. The molecule has 0 bridgehead atoms. The van der Waals surface area contributed by atoms with Crippen LogP contribution in [0.4, 0.5) is 15.9 Å². The van der Waals surface area contributed by atoms with Crippen LogP contribution in [0.15, 0.2) is 96.9 Å². The SMILES string of the molecule is O=C(Cn1ccc(-c2ccc3ncnc(Nc4ccc(OCC5=CCC(F)=CC=C5)c(Cl)c4)c3c2)c1)N1CCNCC1. The van der Waals surface area contributed by atoms with Gasteiger partial charge >= 0.3 is 0 Å². The average molecular weight is 585 g/mol. The number of hydrogen-bond donors (Lipinski definition) is 2. The molecule has 1 fully saturated rings. The van der Waals surface area contributed by atoms with Gasteiger partial charge in [-0.25, -0.2) is 14.4 Å². The zero-order valence-corrected chi connectivity index (χ0v) is 23.6. The van der Waals surface area contributed by atoms with Crippen LogP contribution >= 0.6 is 11.6 Å². The number of ether oxygens (including phenoxy) is 1. The first-order valence-corrected chi connectivity index (χ1v) is 14.2. The van der Waals surface area contributed by atoms with Gasteiger partial charge in [-0.1, -0.05) is 35.9 Å². The summed E-state index contributed by atoms with van der Waals surface area (Å²) < 4.78 is 21.3. The van der Waals surface area contributed by atoms with E-state index in [4.69, 9.17) is 16.3 Å². The van der Waals surface area contributed by atoms with Gasteiger partial charge in [0.25, 0.3) is 0 Å². The lowest BCUT2D eigenvalue weighted by Crippen LogP contribution is -2.47. The Kier molecular flexibility index (Phi) is 8.30. The number of benzene rings is 2. The van der Waals surface area contributed by atoms with E-state index in [0.29, 0.717) is 23.1 Å². The molecule has 4 aromatic rings. The van der Waals surface area contributed by atoms with E-state index in [0.717, 1.165) is 59.5 Å². The Bertz CT molecular complexity index is 1710. The second kappa shape index (κ2) is 12.6. The molecule has 1 saturated heterocycles. The summed E-state index contributed by atoms with van der Waals surface area (Å²) >= 11 is 6.54. The monoisotopic (exact) mass is 584 g/mol. The lowest BCUT2D eigenvalue weighted by molar-refractivity contribution is -0.132. The summed E-state index contributed by atoms with van der Waals surface area (Å²) in [6.07, 6.45) is 12.4. The van der Waals surface area contributed by atoms with Gasteiger partial charge in [-0.15, -0.1) is 0 Å². The number of allylic oxidation sites excluding steroid dienone is 4. The first kappa shape index (κ1) is 27.7. The predicted octanol–water partition coefficient (Wildman–Crippen LogP) is 6.05. The van der Waals surface area contributed by atoms with E-state index in [-0.39, 0.29) is 24.8 Å². The fourth-order valence-corrected chi connectivity index (χ4v) is 5.19. The van der Waals surface area contributed by atoms with Gasteiger partial charge in [-0.05, 0) is 59.2 Å². The van der Waals surface area contributed by atoms with Gasteiger partial charge in [0.2, 0.25) is 5.91 Å². The smallest absolute Gasteiger partial charge is 0.242 e. The Labute approximate surface area is 248 Å². The molecule has 2 N–H and O–H groups in total. The summed E-state index contributed by atoms with van der Waals surface area (Å²) in [6.45, 7) is 3.75. The fraction of sp³-hybridized carbons (Fsp3) is 0.219. The third-order valence-electron chi connectivity index (χ3n) is 7.24. The maximum atomic E-state index is 13.4. The topological polar surface area (TPSA) is 84.3 Å². The van der Waals surface area contributed by atoms with Crippen molar-refractivity contribution in [2.75, 3.05) is 38.1 Å². The number of rotatable bonds is 8. The van der Waals surface area contributed by atoms with Crippen LogP contribution in [0.3, 0.4) is 0 Å². The van der Waals surface area contributed by atoms with Gasteiger partial charge in [0, 0.05) is 56.1 Å². The molecule has 0 radical (unpaired) electrons.